The maximum atomic E-state index is 10.1. The number of hydrogen-bond donors (Lipinski definition) is 3. The van der Waals surface area contributed by atoms with Crippen molar-refractivity contribution in [2.24, 2.45) is 10.7 Å². The Morgan fingerprint density at radius 3 is 2.42 bits per heavy atom. The summed E-state index contributed by atoms with van der Waals surface area (Å²) in [7, 11) is 0. The van der Waals surface area contributed by atoms with Gasteiger partial charge in [-0.3, -0.25) is 4.99 Å². The predicted octanol–water partition coefficient (Wildman–Crippen LogP) is 3.29. The van der Waals surface area contributed by atoms with E-state index in [0.29, 0.717) is 5.96 Å². The van der Waals surface area contributed by atoms with E-state index in [1.54, 1.807) is 0 Å². The van der Waals surface area contributed by atoms with Crippen LogP contribution in [-0.4, -0.2) is 30.3 Å². The number of aryl methyl sites for hydroxylation is 3. The molecule has 0 fully saturated rings. The van der Waals surface area contributed by atoms with E-state index in [-0.39, 0.29) is 13.2 Å². The van der Waals surface area contributed by atoms with E-state index in [4.69, 9.17) is 10.5 Å². The molecule has 140 valence electrons. The van der Waals surface area contributed by atoms with Crippen molar-refractivity contribution in [2.75, 3.05) is 18.5 Å². The number of nitrogens with zero attached hydrogens (tertiary/aromatic N) is 1. The van der Waals surface area contributed by atoms with Crippen LogP contribution in [0, 0.1) is 6.92 Å². The number of nitrogens with one attached hydrogen (secondary N) is 1. The molecule has 0 spiro atoms. The highest BCUT2D eigenvalue weighted by Crippen LogP contribution is 2.22. The highest BCUT2D eigenvalue weighted by molar-refractivity contribution is 5.93. The average molecular weight is 355 g/mol. The molecule has 0 aliphatic heterocycles. The van der Waals surface area contributed by atoms with E-state index in [1.807, 2.05) is 31.2 Å². The molecule has 1 atom stereocenters. The van der Waals surface area contributed by atoms with Gasteiger partial charge in [-0.05, 0) is 48.6 Å². The summed E-state index contributed by atoms with van der Waals surface area (Å²) in [4.78, 5) is 4.25. The zero-order valence-corrected chi connectivity index (χ0v) is 15.8. The van der Waals surface area contributed by atoms with E-state index in [0.717, 1.165) is 29.8 Å². The van der Waals surface area contributed by atoms with Crippen molar-refractivity contribution in [1.82, 2.24) is 0 Å². The first-order chi connectivity index (χ1) is 12.5. The van der Waals surface area contributed by atoms with Gasteiger partial charge in [0.15, 0.2) is 5.96 Å². The van der Waals surface area contributed by atoms with Crippen LogP contribution in [0.15, 0.2) is 47.5 Å². The van der Waals surface area contributed by atoms with Gasteiger partial charge in [0.05, 0.1) is 6.54 Å². The molecule has 5 nitrogen and oxygen atoms in total. The van der Waals surface area contributed by atoms with Gasteiger partial charge in [0, 0.05) is 5.69 Å². The molecular weight excluding hydrogens is 326 g/mol. The Morgan fingerprint density at radius 1 is 1.15 bits per heavy atom. The number of aliphatic hydroxyl groups is 1. The van der Waals surface area contributed by atoms with Gasteiger partial charge in [-0.1, -0.05) is 44.2 Å². The predicted molar refractivity (Wildman–Crippen MR) is 108 cm³/mol. The lowest BCUT2D eigenvalue weighted by atomic mass is 10.0. The van der Waals surface area contributed by atoms with Gasteiger partial charge in [-0.25, -0.2) is 0 Å². The minimum atomic E-state index is -0.720. The molecule has 0 aliphatic rings. The Balaban J connectivity index is 1.91. The van der Waals surface area contributed by atoms with Gasteiger partial charge in [-0.15, -0.1) is 0 Å². The number of nitrogens with two attached hydrogens (primary N) is 1. The molecule has 5 heteroatoms. The van der Waals surface area contributed by atoms with Crippen LogP contribution in [-0.2, 0) is 12.8 Å². The highest BCUT2D eigenvalue weighted by Gasteiger charge is 2.09. The second kappa shape index (κ2) is 9.82. The maximum absolute atomic E-state index is 10.1. The first kappa shape index (κ1) is 19.8. The second-order valence-electron chi connectivity index (χ2n) is 6.29. The highest BCUT2D eigenvalue weighted by atomic mass is 16.5. The minimum absolute atomic E-state index is 0.173. The van der Waals surface area contributed by atoms with E-state index < -0.39 is 6.10 Å². The molecule has 2 aromatic carbocycles. The number of guanidine groups is 1. The minimum Gasteiger partial charge on any atom is -0.491 e. The zero-order valence-electron chi connectivity index (χ0n) is 15.8. The van der Waals surface area contributed by atoms with Crippen molar-refractivity contribution < 1.29 is 9.84 Å². The SMILES string of the molecule is CCc1cccc(CC)c1NC(N)=NCC(O)COc1cccc(C)c1. The average Bonchev–Trinajstić information content (AvgIpc) is 2.65. The molecule has 0 radical (unpaired) electrons. The van der Waals surface area contributed by atoms with Crippen LogP contribution in [0.4, 0.5) is 5.69 Å². The fourth-order valence-corrected chi connectivity index (χ4v) is 2.72. The van der Waals surface area contributed by atoms with Gasteiger partial charge in [0.2, 0.25) is 0 Å². The molecule has 0 heterocycles. The quantitative estimate of drug-likeness (QED) is 0.501. The molecule has 2 rings (SSSR count). The van der Waals surface area contributed by atoms with E-state index in [2.05, 4.69) is 42.4 Å². The van der Waals surface area contributed by atoms with Crippen LogP contribution in [0.1, 0.15) is 30.5 Å². The van der Waals surface area contributed by atoms with Crippen molar-refractivity contribution in [3.05, 3.63) is 59.2 Å². The Kier molecular flexibility index (Phi) is 7.48. The van der Waals surface area contributed by atoms with Crippen LogP contribution in [0.25, 0.3) is 0 Å². The van der Waals surface area contributed by atoms with Crippen LogP contribution in [0.2, 0.25) is 0 Å². The van der Waals surface area contributed by atoms with Crippen LogP contribution >= 0.6 is 0 Å². The summed E-state index contributed by atoms with van der Waals surface area (Å²) in [6, 6.07) is 13.9. The third kappa shape index (κ3) is 5.77. The van der Waals surface area contributed by atoms with Crippen molar-refractivity contribution >= 4 is 11.6 Å². The molecule has 0 bridgehead atoms. The lowest BCUT2D eigenvalue weighted by Crippen LogP contribution is -2.28. The molecule has 4 N–H and O–H groups in total. The van der Waals surface area contributed by atoms with Gasteiger partial charge in [0.25, 0.3) is 0 Å². The first-order valence-electron chi connectivity index (χ1n) is 9.08. The topological polar surface area (TPSA) is 79.9 Å². The van der Waals surface area contributed by atoms with Gasteiger partial charge in [-0.2, -0.15) is 0 Å². The molecular formula is C21H29N3O2. The molecule has 0 aromatic heterocycles. The maximum Gasteiger partial charge on any atom is 0.193 e. The van der Waals surface area contributed by atoms with Crippen molar-refractivity contribution in [3.8, 4) is 5.75 Å². The van der Waals surface area contributed by atoms with Crippen LogP contribution in [0.5, 0.6) is 5.75 Å². The molecule has 0 saturated carbocycles. The Bertz CT molecular complexity index is 722. The molecule has 2 aromatic rings. The summed E-state index contributed by atoms with van der Waals surface area (Å²) in [5.41, 5.74) is 10.5. The standard InChI is InChI=1S/C21H29N3O2/c1-4-16-9-7-10-17(5-2)20(16)24-21(22)23-13-18(25)14-26-19-11-6-8-15(3)12-19/h6-12,18,25H,4-5,13-14H2,1-3H3,(H3,22,23,24). The van der Waals surface area contributed by atoms with Gasteiger partial charge >= 0.3 is 0 Å². The molecule has 26 heavy (non-hydrogen) atoms. The van der Waals surface area contributed by atoms with Crippen molar-refractivity contribution in [1.29, 1.82) is 0 Å². The number of hydrogen-bond acceptors (Lipinski definition) is 3. The van der Waals surface area contributed by atoms with Crippen LogP contribution in [0.3, 0.4) is 0 Å². The lowest BCUT2D eigenvalue weighted by Gasteiger charge is -2.15. The Hall–Kier alpha value is -2.53. The summed E-state index contributed by atoms with van der Waals surface area (Å²) in [5.74, 6) is 1.04. The van der Waals surface area contributed by atoms with Gasteiger partial charge in [0.1, 0.15) is 18.5 Å². The first-order valence-corrected chi connectivity index (χ1v) is 9.08. The number of para-hydroxylation sites is 1. The summed E-state index contributed by atoms with van der Waals surface area (Å²) in [6.07, 6.45) is 1.11. The van der Waals surface area contributed by atoms with E-state index >= 15 is 0 Å². The van der Waals surface area contributed by atoms with E-state index in [9.17, 15) is 5.11 Å². The molecule has 0 aliphatic carbocycles. The summed E-state index contributed by atoms with van der Waals surface area (Å²) >= 11 is 0. The third-order valence-electron chi connectivity index (χ3n) is 4.16. The fourth-order valence-electron chi connectivity index (χ4n) is 2.72. The largest absolute Gasteiger partial charge is 0.491 e. The normalized spacial score (nSPS) is 12.7. The number of rotatable bonds is 8. The number of ether oxygens (including phenoxy) is 1. The monoisotopic (exact) mass is 355 g/mol. The summed E-state index contributed by atoms with van der Waals surface area (Å²) in [5, 5.41) is 13.3. The lowest BCUT2D eigenvalue weighted by molar-refractivity contribution is 0.114. The third-order valence-corrected chi connectivity index (χ3v) is 4.16. The number of aliphatic imine (C=N–C) groups is 1. The number of aliphatic hydroxyl groups excluding tert-OH is 1. The molecule has 0 amide bonds. The van der Waals surface area contributed by atoms with Gasteiger partial charge < -0.3 is 20.9 Å². The van der Waals surface area contributed by atoms with E-state index in [1.165, 1.54) is 11.1 Å². The van der Waals surface area contributed by atoms with Crippen LogP contribution < -0.4 is 15.8 Å². The number of benzene rings is 2. The smallest absolute Gasteiger partial charge is 0.193 e. The molecule has 1 unspecified atom stereocenters. The Labute approximate surface area is 155 Å². The fraction of sp³-hybridized carbons (Fsp3) is 0.381. The second-order valence-corrected chi connectivity index (χ2v) is 6.29. The van der Waals surface area contributed by atoms with Crippen molar-refractivity contribution in [2.45, 2.75) is 39.7 Å². The zero-order chi connectivity index (χ0) is 18.9. The molecule has 0 saturated heterocycles. The number of anilines is 1. The summed E-state index contributed by atoms with van der Waals surface area (Å²) in [6.45, 7) is 6.57. The Morgan fingerprint density at radius 2 is 1.81 bits per heavy atom. The summed E-state index contributed by atoms with van der Waals surface area (Å²) < 4.78 is 5.59. The van der Waals surface area contributed by atoms with Crippen molar-refractivity contribution in [3.63, 3.8) is 0 Å².